The van der Waals surface area contributed by atoms with Crippen molar-refractivity contribution in [3.63, 3.8) is 0 Å². The van der Waals surface area contributed by atoms with Crippen LogP contribution in [0, 0.1) is 11.7 Å². The van der Waals surface area contributed by atoms with E-state index < -0.39 is 20.7 Å². The lowest BCUT2D eigenvalue weighted by Crippen LogP contribution is -2.34. The number of carbonyl (C=O) groups is 1. The van der Waals surface area contributed by atoms with Crippen LogP contribution in [0.4, 0.5) is 10.1 Å². The molecule has 0 saturated heterocycles. The molecule has 2 fully saturated rings. The molecule has 24 heavy (non-hydrogen) atoms. The zero-order valence-electron chi connectivity index (χ0n) is 13.3. The van der Waals surface area contributed by atoms with Crippen LogP contribution in [-0.4, -0.2) is 26.4 Å². The van der Waals surface area contributed by atoms with Gasteiger partial charge in [-0.15, -0.1) is 0 Å². The lowest BCUT2D eigenvalue weighted by molar-refractivity contribution is -0.120. The van der Waals surface area contributed by atoms with Gasteiger partial charge in [0.1, 0.15) is 10.7 Å². The van der Waals surface area contributed by atoms with Crippen LogP contribution in [0.1, 0.15) is 38.5 Å². The van der Waals surface area contributed by atoms with Gasteiger partial charge in [-0.25, -0.2) is 17.5 Å². The van der Waals surface area contributed by atoms with E-state index >= 15 is 0 Å². The van der Waals surface area contributed by atoms with E-state index in [2.05, 4.69) is 10.0 Å². The van der Waals surface area contributed by atoms with E-state index in [1.807, 2.05) is 0 Å². The van der Waals surface area contributed by atoms with Gasteiger partial charge < -0.3 is 11.1 Å². The quantitative estimate of drug-likeness (QED) is 0.748. The molecule has 1 amide bonds. The molecule has 8 heteroatoms. The van der Waals surface area contributed by atoms with Crippen LogP contribution in [0.25, 0.3) is 0 Å². The summed E-state index contributed by atoms with van der Waals surface area (Å²) in [4.78, 5) is 11.9. The molecule has 2 atom stereocenters. The Hall–Kier alpha value is -1.51. The molecule has 0 aromatic heterocycles. The SMILES string of the molecule is NC1CCCC(C(=O)Nc2ccc(F)c(S(=O)(=O)NC3CC3)c2)C1. The molecule has 0 radical (unpaired) electrons. The fourth-order valence-corrected chi connectivity index (χ4v) is 4.39. The van der Waals surface area contributed by atoms with Crippen molar-refractivity contribution >= 4 is 21.6 Å². The highest BCUT2D eigenvalue weighted by Gasteiger charge is 2.30. The minimum Gasteiger partial charge on any atom is -0.328 e. The Kier molecular flexibility index (Phi) is 4.89. The Bertz CT molecular complexity index is 734. The van der Waals surface area contributed by atoms with Crippen molar-refractivity contribution in [1.29, 1.82) is 0 Å². The standard InChI is InChI=1S/C16H22FN3O3S/c17-14-7-6-13(9-15(14)24(22,23)20-12-4-5-12)19-16(21)10-2-1-3-11(18)8-10/h6-7,9-12,20H,1-5,8,18H2,(H,19,21). The van der Waals surface area contributed by atoms with E-state index in [4.69, 9.17) is 5.73 Å². The summed E-state index contributed by atoms with van der Waals surface area (Å²) < 4.78 is 40.8. The molecule has 3 rings (SSSR count). The van der Waals surface area contributed by atoms with Gasteiger partial charge >= 0.3 is 0 Å². The number of hydrogen-bond donors (Lipinski definition) is 3. The summed E-state index contributed by atoms with van der Waals surface area (Å²) in [5.41, 5.74) is 6.17. The fraction of sp³-hybridized carbons (Fsp3) is 0.562. The van der Waals surface area contributed by atoms with Crippen LogP contribution >= 0.6 is 0 Å². The summed E-state index contributed by atoms with van der Waals surface area (Å²) in [6.07, 6.45) is 4.71. The molecule has 4 N–H and O–H groups in total. The first-order valence-corrected chi connectivity index (χ1v) is 9.72. The number of nitrogens with two attached hydrogens (primary N) is 1. The van der Waals surface area contributed by atoms with Crippen LogP contribution in [0.2, 0.25) is 0 Å². The van der Waals surface area contributed by atoms with Gasteiger partial charge in [0.15, 0.2) is 0 Å². The van der Waals surface area contributed by atoms with Gasteiger partial charge in [-0.3, -0.25) is 4.79 Å². The Morgan fingerprint density at radius 2 is 1.96 bits per heavy atom. The normalized spacial score (nSPS) is 24.6. The third-order valence-electron chi connectivity index (χ3n) is 4.47. The molecule has 1 aromatic rings. The minimum atomic E-state index is -3.92. The van der Waals surface area contributed by atoms with Crippen molar-refractivity contribution in [2.24, 2.45) is 11.7 Å². The number of rotatable bonds is 5. The minimum absolute atomic E-state index is 0.0152. The van der Waals surface area contributed by atoms with E-state index in [-0.39, 0.29) is 29.6 Å². The number of nitrogens with one attached hydrogen (secondary N) is 2. The second-order valence-electron chi connectivity index (χ2n) is 6.65. The molecular weight excluding hydrogens is 333 g/mol. The van der Waals surface area contributed by atoms with Crippen molar-refractivity contribution < 1.29 is 17.6 Å². The summed E-state index contributed by atoms with van der Waals surface area (Å²) in [5.74, 6) is -1.22. The van der Waals surface area contributed by atoms with Crippen molar-refractivity contribution in [3.8, 4) is 0 Å². The molecular formula is C16H22FN3O3S. The zero-order chi connectivity index (χ0) is 17.3. The molecule has 2 saturated carbocycles. The molecule has 2 aliphatic carbocycles. The van der Waals surface area contributed by atoms with Crippen LogP contribution in [0.15, 0.2) is 23.1 Å². The van der Waals surface area contributed by atoms with Gasteiger partial charge in [-0.2, -0.15) is 0 Å². The van der Waals surface area contributed by atoms with Gasteiger partial charge in [0.05, 0.1) is 0 Å². The smallest absolute Gasteiger partial charge is 0.243 e. The average molecular weight is 355 g/mol. The maximum Gasteiger partial charge on any atom is 0.243 e. The largest absolute Gasteiger partial charge is 0.328 e. The fourth-order valence-electron chi connectivity index (χ4n) is 2.98. The van der Waals surface area contributed by atoms with Crippen LogP contribution < -0.4 is 15.8 Å². The monoisotopic (exact) mass is 355 g/mol. The molecule has 1 aromatic carbocycles. The maximum absolute atomic E-state index is 13.9. The number of sulfonamides is 1. The van der Waals surface area contributed by atoms with Crippen LogP contribution in [0.3, 0.4) is 0 Å². The molecule has 132 valence electrons. The van der Waals surface area contributed by atoms with Crippen LogP contribution in [0.5, 0.6) is 0 Å². The molecule has 0 bridgehead atoms. The second-order valence-corrected chi connectivity index (χ2v) is 8.34. The third-order valence-corrected chi connectivity index (χ3v) is 6.01. The van der Waals surface area contributed by atoms with Crippen molar-refractivity contribution in [2.75, 3.05) is 5.32 Å². The molecule has 6 nitrogen and oxygen atoms in total. The van der Waals surface area contributed by atoms with E-state index in [0.29, 0.717) is 6.42 Å². The summed E-state index contributed by atoms with van der Waals surface area (Å²) in [6.45, 7) is 0. The van der Waals surface area contributed by atoms with Crippen molar-refractivity contribution in [2.45, 2.75) is 55.5 Å². The predicted octanol–water partition coefficient (Wildman–Crippen LogP) is 1.72. The van der Waals surface area contributed by atoms with E-state index in [1.54, 1.807) is 0 Å². The van der Waals surface area contributed by atoms with Crippen molar-refractivity contribution in [1.82, 2.24) is 4.72 Å². The summed E-state index contributed by atoms with van der Waals surface area (Å²) >= 11 is 0. The summed E-state index contributed by atoms with van der Waals surface area (Å²) in [5, 5.41) is 2.69. The van der Waals surface area contributed by atoms with Gasteiger partial charge in [0.2, 0.25) is 15.9 Å². The predicted molar refractivity (Wildman–Crippen MR) is 88.3 cm³/mol. The zero-order valence-corrected chi connectivity index (χ0v) is 14.1. The second kappa shape index (κ2) is 6.78. The lowest BCUT2D eigenvalue weighted by Gasteiger charge is -2.25. The highest BCUT2D eigenvalue weighted by atomic mass is 32.2. The van der Waals surface area contributed by atoms with E-state index in [9.17, 15) is 17.6 Å². The molecule has 0 heterocycles. The number of amides is 1. The van der Waals surface area contributed by atoms with Gasteiger partial charge in [0, 0.05) is 23.7 Å². The molecule has 0 spiro atoms. The molecule has 0 aliphatic heterocycles. The first kappa shape index (κ1) is 17.3. The van der Waals surface area contributed by atoms with Gasteiger partial charge in [-0.05, 0) is 50.3 Å². The Morgan fingerprint density at radius 3 is 2.62 bits per heavy atom. The molecule has 2 aliphatic rings. The number of anilines is 1. The third kappa shape index (κ3) is 4.12. The number of benzene rings is 1. The molecule has 2 unspecified atom stereocenters. The van der Waals surface area contributed by atoms with Crippen LogP contribution in [-0.2, 0) is 14.8 Å². The first-order chi connectivity index (χ1) is 11.3. The highest BCUT2D eigenvalue weighted by molar-refractivity contribution is 7.89. The Labute approximate surface area is 141 Å². The number of carbonyl (C=O) groups excluding carboxylic acids is 1. The maximum atomic E-state index is 13.9. The Morgan fingerprint density at radius 1 is 1.21 bits per heavy atom. The average Bonchev–Trinajstić information content (AvgIpc) is 3.32. The summed E-state index contributed by atoms with van der Waals surface area (Å²) in [6, 6.07) is 3.49. The highest BCUT2D eigenvalue weighted by Crippen LogP contribution is 2.27. The van der Waals surface area contributed by atoms with E-state index in [1.165, 1.54) is 12.1 Å². The van der Waals surface area contributed by atoms with Gasteiger partial charge in [-0.1, -0.05) is 6.42 Å². The lowest BCUT2D eigenvalue weighted by atomic mass is 9.85. The van der Waals surface area contributed by atoms with Gasteiger partial charge in [0.25, 0.3) is 0 Å². The first-order valence-electron chi connectivity index (χ1n) is 8.23. The number of halogens is 1. The van der Waals surface area contributed by atoms with E-state index in [0.717, 1.165) is 38.2 Å². The number of hydrogen-bond acceptors (Lipinski definition) is 4. The Balaban J connectivity index is 1.74. The topological polar surface area (TPSA) is 101 Å². The summed E-state index contributed by atoms with van der Waals surface area (Å²) in [7, 11) is -3.92. The van der Waals surface area contributed by atoms with Crippen molar-refractivity contribution in [3.05, 3.63) is 24.0 Å².